The normalized spacial score (nSPS) is 12.4. The van der Waals surface area contributed by atoms with Crippen LogP contribution in [0.5, 0.6) is 5.75 Å². The highest BCUT2D eigenvalue weighted by Gasteiger charge is 2.16. The van der Waals surface area contributed by atoms with E-state index in [9.17, 15) is 0 Å². The van der Waals surface area contributed by atoms with E-state index in [1.165, 1.54) is 0 Å². The van der Waals surface area contributed by atoms with Crippen molar-refractivity contribution in [1.82, 2.24) is 5.43 Å². The van der Waals surface area contributed by atoms with Crippen molar-refractivity contribution >= 4 is 11.6 Å². The first kappa shape index (κ1) is 13.9. The van der Waals surface area contributed by atoms with E-state index in [0.29, 0.717) is 17.6 Å². The molecule has 4 nitrogen and oxygen atoms in total. The Morgan fingerprint density at radius 1 is 1.26 bits per heavy atom. The van der Waals surface area contributed by atoms with Gasteiger partial charge < -0.3 is 9.15 Å². The molecule has 19 heavy (non-hydrogen) atoms. The zero-order valence-electron chi connectivity index (χ0n) is 10.7. The van der Waals surface area contributed by atoms with Gasteiger partial charge in [-0.1, -0.05) is 19.1 Å². The van der Waals surface area contributed by atoms with Gasteiger partial charge in [-0.3, -0.25) is 5.84 Å². The Bertz CT molecular complexity index is 510. The van der Waals surface area contributed by atoms with Crippen LogP contribution in [0, 0.1) is 0 Å². The minimum absolute atomic E-state index is 0.229. The Kier molecular flexibility index (Phi) is 4.85. The summed E-state index contributed by atoms with van der Waals surface area (Å²) in [5, 5.41) is 0.346. The molecular weight excluding hydrogens is 264 g/mol. The zero-order valence-corrected chi connectivity index (χ0v) is 11.5. The molecule has 0 aliphatic carbocycles. The van der Waals surface area contributed by atoms with E-state index in [0.717, 1.165) is 17.7 Å². The molecule has 1 unspecified atom stereocenters. The van der Waals surface area contributed by atoms with E-state index in [-0.39, 0.29) is 6.04 Å². The summed E-state index contributed by atoms with van der Waals surface area (Å²) in [6, 6.07) is 11.0. The molecule has 0 amide bonds. The molecule has 1 heterocycles. The average Bonchev–Trinajstić information content (AvgIpc) is 2.85. The van der Waals surface area contributed by atoms with Gasteiger partial charge in [-0.25, -0.2) is 5.43 Å². The molecule has 5 heteroatoms. The lowest BCUT2D eigenvalue weighted by Crippen LogP contribution is -2.28. The van der Waals surface area contributed by atoms with Crippen LogP contribution in [0.15, 0.2) is 40.8 Å². The van der Waals surface area contributed by atoms with E-state index in [4.69, 9.17) is 26.6 Å². The van der Waals surface area contributed by atoms with E-state index in [1.54, 1.807) is 12.1 Å². The van der Waals surface area contributed by atoms with Gasteiger partial charge in [-0.15, -0.1) is 0 Å². The van der Waals surface area contributed by atoms with Gasteiger partial charge >= 0.3 is 0 Å². The number of hydrazine groups is 1. The molecule has 2 aromatic rings. The van der Waals surface area contributed by atoms with E-state index >= 15 is 0 Å². The molecule has 0 spiro atoms. The summed E-state index contributed by atoms with van der Waals surface area (Å²) >= 11 is 5.78. The number of nitrogens with two attached hydrogens (primary N) is 1. The van der Waals surface area contributed by atoms with Crippen LogP contribution >= 0.6 is 11.6 Å². The number of benzene rings is 1. The molecule has 0 saturated heterocycles. The lowest BCUT2D eigenvalue weighted by molar-refractivity contribution is 0.317. The Labute approximate surface area is 117 Å². The summed E-state index contributed by atoms with van der Waals surface area (Å²) in [5.74, 6) is 7.10. The van der Waals surface area contributed by atoms with Gasteiger partial charge in [0.15, 0.2) is 5.22 Å². The van der Waals surface area contributed by atoms with Crippen LogP contribution in [0.4, 0.5) is 0 Å². The van der Waals surface area contributed by atoms with Crippen molar-refractivity contribution < 1.29 is 9.15 Å². The van der Waals surface area contributed by atoms with Gasteiger partial charge in [-0.2, -0.15) is 0 Å². The smallest absolute Gasteiger partial charge is 0.193 e. The highest BCUT2D eigenvalue weighted by molar-refractivity contribution is 6.28. The first-order valence-corrected chi connectivity index (χ1v) is 6.56. The maximum Gasteiger partial charge on any atom is 0.193 e. The highest BCUT2D eigenvalue weighted by Crippen LogP contribution is 2.26. The summed E-state index contributed by atoms with van der Waals surface area (Å²) in [5.41, 5.74) is 3.70. The quantitative estimate of drug-likeness (QED) is 0.630. The third-order valence-electron chi connectivity index (χ3n) is 2.73. The van der Waals surface area contributed by atoms with Gasteiger partial charge in [0.25, 0.3) is 0 Å². The van der Waals surface area contributed by atoms with Crippen molar-refractivity contribution in [2.45, 2.75) is 19.4 Å². The predicted molar refractivity (Wildman–Crippen MR) is 75.1 cm³/mol. The Hall–Kier alpha value is -1.49. The Morgan fingerprint density at radius 3 is 2.53 bits per heavy atom. The van der Waals surface area contributed by atoms with E-state index in [2.05, 4.69) is 12.3 Å². The Morgan fingerprint density at radius 2 is 2.00 bits per heavy atom. The van der Waals surface area contributed by atoms with Crippen LogP contribution in [0.2, 0.25) is 5.22 Å². The largest absolute Gasteiger partial charge is 0.494 e. The van der Waals surface area contributed by atoms with Crippen LogP contribution in [0.3, 0.4) is 0 Å². The molecule has 0 saturated carbocycles. The number of hydrogen-bond donors (Lipinski definition) is 2. The molecule has 1 aromatic carbocycles. The fraction of sp³-hybridized carbons (Fsp3) is 0.286. The van der Waals surface area contributed by atoms with Gasteiger partial charge in [0.1, 0.15) is 17.6 Å². The highest BCUT2D eigenvalue weighted by atomic mass is 35.5. The number of hydrogen-bond acceptors (Lipinski definition) is 4. The van der Waals surface area contributed by atoms with Crippen LogP contribution < -0.4 is 16.0 Å². The standard InChI is InChI=1S/C14H17ClN2O2/c1-2-9-18-11-5-3-10(4-6-11)14(17-16)12-7-8-13(15)19-12/h3-8,14,17H,2,9,16H2,1H3. The SMILES string of the molecule is CCCOc1ccc(C(NN)c2ccc(Cl)o2)cc1. The van der Waals surface area contributed by atoms with Crippen molar-refractivity contribution in [3.63, 3.8) is 0 Å². The summed E-state index contributed by atoms with van der Waals surface area (Å²) in [6.07, 6.45) is 0.986. The summed E-state index contributed by atoms with van der Waals surface area (Å²) in [7, 11) is 0. The first-order chi connectivity index (χ1) is 9.24. The third-order valence-corrected chi connectivity index (χ3v) is 2.93. The Balaban J connectivity index is 2.15. The monoisotopic (exact) mass is 280 g/mol. The third kappa shape index (κ3) is 3.50. The fourth-order valence-electron chi connectivity index (χ4n) is 1.80. The van der Waals surface area contributed by atoms with Gasteiger partial charge in [-0.05, 0) is 47.9 Å². The second-order valence-corrected chi connectivity index (χ2v) is 4.53. The average molecular weight is 281 g/mol. The first-order valence-electron chi connectivity index (χ1n) is 6.18. The number of ether oxygens (including phenoxy) is 1. The zero-order chi connectivity index (χ0) is 13.7. The summed E-state index contributed by atoms with van der Waals surface area (Å²) in [6.45, 7) is 2.79. The summed E-state index contributed by atoms with van der Waals surface area (Å²) < 4.78 is 10.9. The second kappa shape index (κ2) is 6.61. The number of furan rings is 1. The van der Waals surface area contributed by atoms with Crippen LogP contribution in [-0.2, 0) is 0 Å². The molecule has 1 atom stereocenters. The molecule has 0 radical (unpaired) electrons. The van der Waals surface area contributed by atoms with Crippen LogP contribution in [0.1, 0.15) is 30.7 Å². The number of nitrogens with one attached hydrogen (secondary N) is 1. The summed E-state index contributed by atoms with van der Waals surface area (Å²) in [4.78, 5) is 0. The maximum atomic E-state index is 5.78. The maximum absolute atomic E-state index is 5.78. The van der Waals surface area contributed by atoms with Crippen molar-refractivity contribution in [2.24, 2.45) is 5.84 Å². The number of halogens is 1. The molecule has 0 fully saturated rings. The van der Waals surface area contributed by atoms with Crippen LogP contribution in [-0.4, -0.2) is 6.61 Å². The molecule has 2 rings (SSSR count). The van der Waals surface area contributed by atoms with Gasteiger partial charge in [0.05, 0.1) is 6.61 Å². The van der Waals surface area contributed by atoms with E-state index < -0.39 is 0 Å². The minimum atomic E-state index is -0.229. The molecule has 102 valence electrons. The van der Waals surface area contributed by atoms with E-state index in [1.807, 2.05) is 24.3 Å². The van der Waals surface area contributed by atoms with Gasteiger partial charge in [0.2, 0.25) is 0 Å². The van der Waals surface area contributed by atoms with Crippen LogP contribution in [0.25, 0.3) is 0 Å². The second-order valence-electron chi connectivity index (χ2n) is 4.16. The molecular formula is C14H17ClN2O2. The molecule has 1 aromatic heterocycles. The lowest BCUT2D eigenvalue weighted by atomic mass is 10.1. The van der Waals surface area contributed by atoms with Crippen molar-refractivity contribution in [3.8, 4) is 5.75 Å². The molecule has 0 bridgehead atoms. The molecule has 0 aliphatic rings. The molecule has 0 aliphatic heterocycles. The predicted octanol–water partition coefficient (Wildman–Crippen LogP) is 3.27. The lowest BCUT2D eigenvalue weighted by Gasteiger charge is -2.14. The fourth-order valence-corrected chi connectivity index (χ4v) is 1.95. The van der Waals surface area contributed by atoms with Crippen molar-refractivity contribution in [2.75, 3.05) is 6.61 Å². The van der Waals surface area contributed by atoms with Crippen molar-refractivity contribution in [3.05, 3.63) is 52.9 Å². The minimum Gasteiger partial charge on any atom is -0.494 e. The van der Waals surface area contributed by atoms with Gasteiger partial charge in [0, 0.05) is 0 Å². The number of rotatable bonds is 6. The topological polar surface area (TPSA) is 60.4 Å². The molecule has 3 N–H and O–H groups in total. The van der Waals surface area contributed by atoms with Crippen molar-refractivity contribution in [1.29, 1.82) is 0 Å².